The molecular weight excluding hydrogens is 386 g/mol. The highest BCUT2D eigenvalue weighted by atomic mass is 16.1. The Morgan fingerprint density at radius 1 is 1.10 bits per heavy atom. The Labute approximate surface area is 183 Å². The zero-order valence-electron chi connectivity index (χ0n) is 17.8. The van der Waals surface area contributed by atoms with Crippen molar-refractivity contribution in [2.24, 2.45) is 0 Å². The van der Waals surface area contributed by atoms with Crippen LogP contribution in [0.3, 0.4) is 0 Å². The molecule has 6 heteroatoms. The van der Waals surface area contributed by atoms with Gasteiger partial charge in [0.2, 0.25) is 0 Å². The minimum atomic E-state index is 0.234. The van der Waals surface area contributed by atoms with Crippen molar-refractivity contribution >= 4 is 28.2 Å². The minimum Gasteiger partial charge on any atom is -0.340 e. The van der Waals surface area contributed by atoms with E-state index in [1.807, 2.05) is 42.5 Å². The fourth-order valence-electron chi connectivity index (χ4n) is 3.93. The Balaban J connectivity index is 1.47. The highest BCUT2D eigenvalue weighted by molar-refractivity contribution is 5.92. The maximum absolute atomic E-state index is 12.7. The Morgan fingerprint density at radius 3 is 2.68 bits per heavy atom. The lowest BCUT2D eigenvalue weighted by atomic mass is 10.1. The lowest BCUT2D eigenvalue weighted by Crippen LogP contribution is -2.47. The van der Waals surface area contributed by atoms with Crippen LogP contribution in [0, 0.1) is 12.3 Å². The van der Waals surface area contributed by atoms with Crippen LogP contribution < -0.4 is 5.32 Å². The molecule has 158 valence electrons. The number of carbonyl (C=O) groups excluding carboxylic acids is 1. The van der Waals surface area contributed by atoms with Gasteiger partial charge in [-0.05, 0) is 42.4 Å². The van der Waals surface area contributed by atoms with Crippen molar-refractivity contribution < 1.29 is 4.79 Å². The molecule has 1 N–H and O–H groups in total. The van der Waals surface area contributed by atoms with Gasteiger partial charge in [0.25, 0.3) is 0 Å². The number of nitrogens with one attached hydrogen (secondary N) is 1. The number of rotatable bonds is 7. The van der Waals surface area contributed by atoms with E-state index in [2.05, 4.69) is 37.9 Å². The van der Waals surface area contributed by atoms with E-state index in [1.165, 1.54) is 6.33 Å². The van der Waals surface area contributed by atoms with E-state index in [0.29, 0.717) is 18.8 Å². The molecular formula is C25H27N5O. The van der Waals surface area contributed by atoms with E-state index < -0.39 is 0 Å². The van der Waals surface area contributed by atoms with Crippen LogP contribution in [0.2, 0.25) is 0 Å². The third-order valence-electron chi connectivity index (χ3n) is 5.71. The zero-order valence-corrected chi connectivity index (χ0v) is 17.8. The number of anilines is 2. The molecule has 0 spiro atoms. The molecule has 1 aliphatic rings. The van der Waals surface area contributed by atoms with Crippen molar-refractivity contribution in [3.05, 3.63) is 59.9 Å². The van der Waals surface area contributed by atoms with Gasteiger partial charge in [0.1, 0.15) is 12.1 Å². The summed E-state index contributed by atoms with van der Waals surface area (Å²) in [4.78, 5) is 26.1. The fraction of sp³-hybridized carbons (Fsp3) is 0.320. The number of Topliss-reactive ketones (excluding diaryl/α,β-unsaturated/α-hetero) is 1. The maximum Gasteiger partial charge on any atom is 0.151 e. The third kappa shape index (κ3) is 5.26. The Bertz CT molecular complexity index is 1110. The second kappa shape index (κ2) is 9.69. The number of hydrogen-bond acceptors (Lipinski definition) is 6. The van der Waals surface area contributed by atoms with Gasteiger partial charge >= 0.3 is 0 Å². The van der Waals surface area contributed by atoms with Crippen molar-refractivity contribution in [3.8, 4) is 12.3 Å². The molecule has 0 bridgehead atoms. The summed E-state index contributed by atoms with van der Waals surface area (Å²) in [7, 11) is 0. The first-order valence-electron chi connectivity index (χ1n) is 10.7. The molecule has 3 aromatic rings. The number of fused-ring (bicyclic) bond motifs is 1. The van der Waals surface area contributed by atoms with Gasteiger partial charge in [-0.1, -0.05) is 25.0 Å². The smallest absolute Gasteiger partial charge is 0.151 e. The average Bonchev–Trinajstić information content (AvgIpc) is 2.80. The van der Waals surface area contributed by atoms with Crippen LogP contribution in [0.15, 0.2) is 48.8 Å². The normalized spacial score (nSPS) is 15.0. The number of aromatic nitrogens is 2. The Hall–Kier alpha value is -3.27. The number of likely N-dealkylation sites (N-methyl/N-ethyl adjacent to an activating group) is 1. The second-order valence-corrected chi connectivity index (χ2v) is 7.85. The predicted octanol–water partition coefficient (Wildman–Crippen LogP) is 3.10. The van der Waals surface area contributed by atoms with E-state index in [1.54, 1.807) is 0 Å². The van der Waals surface area contributed by atoms with E-state index in [-0.39, 0.29) is 5.78 Å². The molecule has 1 fully saturated rings. The molecule has 0 unspecified atom stereocenters. The molecule has 2 heterocycles. The molecule has 0 atom stereocenters. The molecule has 0 radical (unpaired) electrons. The SMILES string of the molecule is C#Cc1cccc(Nc2ncnc3ccc(CC(=O)CN4CCN(CC)CC4)cc23)c1. The average molecular weight is 414 g/mol. The highest BCUT2D eigenvalue weighted by Crippen LogP contribution is 2.24. The number of ketones is 1. The minimum absolute atomic E-state index is 0.234. The van der Waals surface area contributed by atoms with Crippen LogP contribution >= 0.6 is 0 Å². The van der Waals surface area contributed by atoms with Crippen molar-refractivity contribution in [1.82, 2.24) is 19.8 Å². The van der Waals surface area contributed by atoms with Crippen molar-refractivity contribution in [2.75, 3.05) is 44.6 Å². The molecule has 0 amide bonds. The van der Waals surface area contributed by atoms with Gasteiger partial charge in [0.15, 0.2) is 5.78 Å². The highest BCUT2D eigenvalue weighted by Gasteiger charge is 2.18. The van der Waals surface area contributed by atoms with Gasteiger partial charge in [-0.25, -0.2) is 9.97 Å². The summed E-state index contributed by atoms with van der Waals surface area (Å²) in [6, 6.07) is 13.6. The predicted molar refractivity (Wildman–Crippen MR) is 124 cm³/mol. The van der Waals surface area contributed by atoms with Gasteiger partial charge in [-0.2, -0.15) is 0 Å². The van der Waals surface area contributed by atoms with Crippen molar-refractivity contribution in [1.29, 1.82) is 0 Å². The van der Waals surface area contributed by atoms with Gasteiger partial charge in [-0.15, -0.1) is 6.42 Å². The molecule has 1 aromatic heterocycles. The first-order valence-corrected chi connectivity index (χ1v) is 10.7. The van der Waals surface area contributed by atoms with E-state index in [4.69, 9.17) is 6.42 Å². The van der Waals surface area contributed by atoms with Gasteiger partial charge in [0.05, 0.1) is 12.1 Å². The quantitative estimate of drug-likeness (QED) is 0.601. The van der Waals surface area contributed by atoms with Crippen LogP contribution in [0.25, 0.3) is 10.9 Å². The van der Waals surface area contributed by atoms with E-state index >= 15 is 0 Å². The number of benzene rings is 2. The summed E-state index contributed by atoms with van der Waals surface area (Å²) in [6.45, 7) is 7.74. The summed E-state index contributed by atoms with van der Waals surface area (Å²) >= 11 is 0. The van der Waals surface area contributed by atoms with E-state index in [0.717, 1.165) is 60.4 Å². The third-order valence-corrected chi connectivity index (χ3v) is 5.71. The zero-order chi connectivity index (χ0) is 21.6. The van der Waals surface area contributed by atoms with Crippen LogP contribution in [-0.2, 0) is 11.2 Å². The molecule has 1 saturated heterocycles. The van der Waals surface area contributed by atoms with Gasteiger partial charge in [-0.3, -0.25) is 9.69 Å². The lowest BCUT2D eigenvalue weighted by Gasteiger charge is -2.33. The van der Waals surface area contributed by atoms with Crippen molar-refractivity contribution in [3.63, 3.8) is 0 Å². The Morgan fingerprint density at radius 2 is 1.90 bits per heavy atom. The fourth-order valence-corrected chi connectivity index (χ4v) is 3.93. The van der Waals surface area contributed by atoms with Gasteiger partial charge < -0.3 is 10.2 Å². The lowest BCUT2D eigenvalue weighted by molar-refractivity contribution is -0.120. The maximum atomic E-state index is 12.7. The second-order valence-electron chi connectivity index (χ2n) is 7.85. The molecule has 4 rings (SSSR count). The monoisotopic (exact) mass is 413 g/mol. The molecule has 1 aliphatic heterocycles. The molecule has 0 saturated carbocycles. The van der Waals surface area contributed by atoms with Crippen LogP contribution in [0.1, 0.15) is 18.1 Å². The topological polar surface area (TPSA) is 61.4 Å². The van der Waals surface area contributed by atoms with Crippen LogP contribution in [0.5, 0.6) is 0 Å². The first kappa shape index (κ1) is 21.0. The summed E-state index contributed by atoms with van der Waals surface area (Å²) in [5, 5.41) is 4.22. The van der Waals surface area contributed by atoms with E-state index in [9.17, 15) is 4.79 Å². The number of carbonyl (C=O) groups is 1. The summed E-state index contributed by atoms with van der Waals surface area (Å²) in [6.07, 6.45) is 7.45. The summed E-state index contributed by atoms with van der Waals surface area (Å²) < 4.78 is 0. The van der Waals surface area contributed by atoms with Crippen LogP contribution in [-0.4, -0.2) is 64.8 Å². The number of piperazine rings is 1. The first-order chi connectivity index (χ1) is 15.1. The van der Waals surface area contributed by atoms with Crippen LogP contribution in [0.4, 0.5) is 11.5 Å². The number of hydrogen-bond donors (Lipinski definition) is 1. The number of terminal acetylenes is 1. The van der Waals surface area contributed by atoms with Gasteiger partial charge in [0, 0.05) is 49.2 Å². The standard InChI is InChI=1S/C25H27N5O/c1-3-19-6-5-7-21(14-19)28-25-23-16-20(8-9-24(23)26-18-27-25)15-22(31)17-30-12-10-29(4-2)11-13-30/h1,5-9,14,16,18H,4,10-13,15,17H2,2H3,(H,26,27,28). The summed E-state index contributed by atoms with van der Waals surface area (Å²) in [5.74, 6) is 3.58. The molecule has 0 aliphatic carbocycles. The number of nitrogens with zero attached hydrogens (tertiary/aromatic N) is 4. The molecule has 31 heavy (non-hydrogen) atoms. The molecule has 6 nitrogen and oxygen atoms in total. The summed E-state index contributed by atoms with van der Waals surface area (Å²) in [5.41, 5.74) is 3.47. The largest absolute Gasteiger partial charge is 0.340 e. The van der Waals surface area contributed by atoms with Crippen molar-refractivity contribution in [2.45, 2.75) is 13.3 Å². The Kier molecular flexibility index (Phi) is 6.56. The molecule has 2 aromatic carbocycles.